The normalized spacial score (nSPS) is 18.1. The first-order chi connectivity index (χ1) is 20.0. The maximum absolute atomic E-state index is 15.3. The van der Waals surface area contributed by atoms with E-state index in [1.165, 1.54) is 16.9 Å². The van der Waals surface area contributed by atoms with Crippen molar-refractivity contribution in [1.82, 2.24) is 24.2 Å². The van der Waals surface area contributed by atoms with Crippen molar-refractivity contribution >= 4 is 28.7 Å². The van der Waals surface area contributed by atoms with Gasteiger partial charge >= 0.3 is 12.1 Å². The van der Waals surface area contributed by atoms with Crippen LogP contribution in [0.3, 0.4) is 0 Å². The molecule has 2 fully saturated rings. The predicted octanol–water partition coefficient (Wildman–Crippen LogP) is 4.72. The van der Waals surface area contributed by atoms with Crippen LogP contribution in [0.4, 0.5) is 14.9 Å². The van der Waals surface area contributed by atoms with E-state index in [9.17, 15) is 14.7 Å². The van der Waals surface area contributed by atoms with Crippen LogP contribution < -0.4 is 4.90 Å². The number of hydrogen-bond acceptors (Lipinski definition) is 6. The number of imidazole rings is 1. The highest BCUT2D eigenvalue weighted by Crippen LogP contribution is 2.43. The molecule has 11 heteroatoms. The number of carbonyl (C=O) groups is 2. The summed E-state index contributed by atoms with van der Waals surface area (Å²) in [5.41, 5.74) is 3.94. The summed E-state index contributed by atoms with van der Waals surface area (Å²) < 4.78 is 24.0. The molecule has 2 aromatic heterocycles. The Bertz CT molecular complexity index is 1710. The minimum Gasteiger partial charge on any atom is -0.479 e. The minimum atomic E-state index is -1.12. The lowest BCUT2D eigenvalue weighted by Crippen LogP contribution is -2.73. The molecule has 218 valence electrons. The van der Waals surface area contributed by atoms with E-state index in [1.807, 2.05) is 49.6 Å². The average molecular weight is 573 g/mol. The van der Waals surface area contributed by atoms with E-state index in [4.69, 9.17) is 4.74 Å². The van der Waals surface area contributed by atoms with Gasteiger partial charge in [-0.2, -0.15) is 5.10 Å². The van der Waals surface area contributed by atoms with Crippen molar-refractivity contribution < 1.29 is 23.8 Å². The lowest BCUT2D eigenvalue weighted by atomic mass is 9.73. The summed E-state index contributed by atoms with van der Waals surface area (Å²) in [6.45, 7) is 9.58. The zero-order chi connectivity index (χ0) is 29.4. The quantitative estimate of drug-likeness (QED) is 0.369. The van der Waals surface area contributed by atoms with Crippen LogP contribution in [0, 0.1) is 11.2 Å². The van der Waals surface area contributed by atoms with Gasteiger partial charge in [-0.25, -0.2) is 19.0 Å². The number of rotatable bonds is 5. The molecule has 1 amide bonds. The van der Waals surface area contributed by atoms with E-state index in [1.54, 1.807) is 17.3 Å². The number of likely N-dealkylation sites (tertiary alicyclic amines) is 1. The van der Waals surface area contributed by atoms with Gasteiger partial charge in [0.15, 0.2) is 6.04 Å². The Balaban J connectivity index is 1.06. The van der Waals surface area contributed by atoms with E-state index in [2.05, 4.69) is 15.0 Å². The Labute approximate surface area is 242 Å². The molecule has 2 saturated heterocycles. The summed E-state index contributed by atoms with van der Waals surface area (Å²) in [6, 6.07) is 10.1. The van der Waals surface area contributed by atoms with Crippen LogP contribution in [0.2, 0.25) is 0 Å². The van der Waals surface area contributed by atoms with Crippen molar-refractivity contribution in [2.75, 3.05) is 31.1 Å². The van der Waals surface area contributed by atoms with Gasteiger partial charge < -0.3 is 24.2 Å². The number of carbonyl (C=O) groups excluding carboxylic acids is 1. The highest BCUT2D eigenvalue weighted by molar-refractivity contribution is 5.86. The minimum absolute atomic E-state index is 0.118. The molecule has 10 nitrogen and oxygen atoms in total. The predicted molar refractivity (Wildman–Crippen MR) is 154 cm³/mol. The Hall–Kier alpha value is -4.41. The number of ether oxygens (including phenoxy) is 1. The molecule has 1 N–H and O–H groups in total. The van der Waals surface area contributed by atoms with Crippen molar-refractivity contribution in [3.63, 3.8) is 0 Å². The maximum atomic E-state index is 15.3. The first-order valence-corrected chi connectivity index (χ1v) is 14.3. The van der Waals surface area contributed by atoms with Gasteiger partial charge in [0.2, 0.25) is 0 Å². The zero-order valence-corrected chi connectivity index (χ0v) is 23.9. The van der Waals surface area contributed by atoms with E-state index in [-0.39, 0.29) is 16.9 Å². The standard InChI is InChI=1S/C31H33FN6O4/c1-30(2,3)42-29(41)37-16-31(17-37)14-36(15-31)21-8-6-19(7-9-21)20-11-23(32)22-13-38(34-24(22)12-20)27(28(39)40)26-25-5-4-10-35(25)18-33-26/h6-9,11-13,18,27H,4-5,10,14-17H2,1-3H3,(H,39,40). The second-order valence-electron chi connectivity index (χ2n) is 12.9. The fraction of sp³-hybridized carbons (Fsp3) is 0.419. The number of halogens is 1. The molecule has 0 bridgehead atoms. The average Bonchev–Trinajstić information content (AvgIpc) is 3.59. The number of amides is 1. The first kappa shape index (κ1) is 26.5. The molecule has 42 heavy (non-hydrogen) atoms. The van der Waals surface area contributed by atoms with E-state index in [0.717, 1.165) is 49.4 Å². The third-order valence-corrected chi connectivity index (χ3v) is 8.46. The molecular weight excluding hydrogens is 539 g/mol. The molecule has 0 aliphatic carbocycles. The number of nitrogens with zero attached hydrogens (tertiary/aromatic N) is 6. The number of aryl methyl sites for hydroxylation is 1. The third-order valence-electron chi connectivity index (χ3n) is 8.46. The second-order valence-corrected chi connectivity index (χ2v) is 12.9. The molecule has 1 spiro atoms. The van der Waals surface area contributed by atoms with Gasteiger partial charge in [-0.15, -0.1) is 0 Å². The maximum Gasteiger partial charge on any atom is 0.410 e. The lowest BCUT2D eigenvalue weighted by Gasteiger charge is -2.60. The summed E-state index contributed by atoms with van der Waals surface area (Å²) in [4.78, 5) is 33.0. The van der Waals surface area contributed by atoms with Gasteiger partial charge in [-0.3, -0.25) is 4.68 Å². The van der Waals surface area contributed by atoms with Crippen LogP contribution in [0.5, 0.6) is 0 Å². The Morgan fingerprint density at radius 2 is 1.81 bits per heavy atom. The number of hydrogen-bond donors (Lipinski definition) is 1. The number of anilines is 1. The van der Waals surface area contributed by atoms with Gasteiger partial charge in [0, 0.05) is 55.7 Å². The lowest BCUT2D eigenvalue weighted by molar-refractivity contribution is -0.139. The third kappa shape index (κ3) is 4.47. The SMILES string of the molecule is CC(C)(C)OC(=O)N1CC2(C1)CN(c1ccc(-c3cc(F)c4cn(C(C(=O)O)c5ncn6c5CCC6)nc4c3)cc1)C2. The van der Waals surface area contributed by atoms with E-state index in [0.29, 0.717) is 29.9 Å². The number of aliphatic carboxylic acids is 1. The number of carboxylic acids is 1. The smallest absolute Gasteiger partial charge is 0.410 e. The first-order valence-electron chi connectivity index (χ1n) is 14.3. The van der Waals surface area contributed by atoms with Crippen molar-refractivity contribution in [3.05, 3.63) is 66.1 Å². The van der Waals surface area contributed by atoms with Crippen LogP contribution in [-0.2, 0) is 22.5 Å². The molecular formula is C31H33FN6O4. The van der Waals surface area contributed by atoms with Crippen molar-refractivity contribution in [1.29, 1.82) is 0 Å². The molecule has 1 atom stereocenters. The Kier molecular flexibility index (Phi) is 5.87. The van der Waals surface area contributed by atoms with Gasteiger partial charge in [-0.1, -0.05) is 12.1 Å². The van der Waals surface area contributed by atoms with E-state index >= 15 is 4.39 Å². The summed E-state index contributed by atoms with van der Waals surface area (Å²) >= 11 is 0. The number of fused-ring (bicyclic) bond motifs is 2. The molecule has 2 aromatic carbocycles. The van der Waals surface area contributed by atoms with Crippen molar-refractivity contribution in [2.24, 2.45) is 5.41 Å². The van der Waals surface area contributed by atoms with Gasteiger partial charge in [0.25, 0.3) is 0 Å². The van der Waals surface area contributed by atoms with Crippen molar-refractivity contribution in [2.45, 2.75) is 51.8 Å². The molecule has 5 heterocycles. The number of benzene rings is 2. The van der Waals surface area contributed by atoms with Gasteiger partial charge in [0.05, 0.1) is 22.9 Å². The van der Waals surface area contributed by atoms with Gasteiger partial charge in [-0.05, 0) is 69.0 Å². The van der Waals surface area contributed by atoms with Crippen LogP contribution in [0.1, 0.15) is 44.6 Å². The number of aromatic nitrogens is 4. The van der Waals surface area contributed by atoms with Crippen LogP contribution >= 0.6 is 0 Å². The fourth-order valence-electron chi connectivity index (χ4n) is 6.52. The van der Waals surface area contributed by atoms with Crippen LogP contribution in [0.25, 0.3) is 22.0 Å². The summed E-state index contributed by atoms with van der Waals surface area (Å²) in [5, 5.41) is 14.8. The molecule has 4 aromatic rings. The monoisotopic (exact) mass is 572 g/mol. The number of carboxylic acid groups (broad SMARTS) is 1. The molecule has 3 aliphatic rings. The van der Waals surface area contributed by atoms with Crippen molar-refractivity contribution in [3.8, 4) is 11.1 Å². The summed E-state index contributed by atoms with van der Waals surface area (Å²) in [6.07, 6.45) is 4.58. The Morgan fingerprint density at radius 3 is 2.50 bits per heavy atom. The largest absolute Gasteiger partial charge is 0.479 e. The summed E-state index contributed by atoms with van der Waals surface area (Å²) in [7, 11) is 0. The van der Waals surface area contributed by atoms with E-state index < -0.39 is 23.4 Å². The molecule has 1 unspecified atom stereocenters. The zero-order valence-electron chi connectivity index (χ0n) is 23.9. The fourth-order valence-corrected chi connectivity index (χ4v) is 6.52. The molecule has 7 rings (SSSR count). The van der Waals surface area contributed by atoms with Crippen LogP contribution in [0.15, 0.2) is 48.9 Å². The molecule has 0 radical (unpaired) electrons. The summed E-state index contributed by atoms with van der Waals surface area (Å²) in [5.74, 6) is -1.54. The topological polar surface area (TPSA) is 106 Å². The molecule has 0 saturated carbocycles. The van der Waals surface area contributed by atoms with Crippen LogP contribution in [-0.4, -0.2) is 73.2 Å². The highest BCUT2D eigenvalue weighted by Gasteiger charge is 2.54. The van der Waals surface area contributed by atoms with Gasteiger partial charge in [0.1, 0.15) is 11.4 Å². The molecule has 3 aliphatic heterocycles. The highest BCUT2D eigenvalue weighted by atomic mass is 19.1. The second kappa shape index (κ2) is 9.30. The Morgan fingerprint density at radius 1 is 1.07 bits per heavy atom.